The second-order valence-corrected chi connectivity index (χ2v) is 5.79. The molecule has 0 saturated heterocycles. The van der Waals surface area contributed by atoms with Crippen molar-refractivity contribution in [2.75, 3.05) is 0 Å². The van der Waals surface area contributed by atoms with Crippen LogP contribution in [-0.2, 0) is 0 Å². The molecule has 0 amide bonds. The molecule has 0 bridgehead atoms. The van der Waals surface area contributed by atoms with E-state index in [0.29, 0.717) is 5.02 Å². The number of nitrogens with zero attached hydrogens (tertiary/aromatic N) is 2. The summed E-state index contributed by atoms with van der Waals surface area (Å²) in [7, 11) is 0. The molecule has 3 aromatic rings. The molecule has 0 aliphatic carbocycles. The second-order valence-electron chi connectivity index (χ2n) is 4.32. The fraction of sp³-hybridized carbons (Fsp3) is 0. The zero-order valence-electron chi connectivity index (χ0n) is 10.7. The van der Waals surface area contributed by atoms with Gasteiger partial charge in [-0.2, -0.15) is 0 Å². The third-order valence-corrected chi connectivity index (χ3v) is 4.36. The standard InChI is InChI=1S/C15H9ClN2O2S/c16-12-3-1-2-4-14(12)21-15-8-5-10-9-11(18(19)20)6-7-13(10)17-15/h1-9H. The van der Waals surface area contributed by atoms with Gasteiger partial charge in [0.1, 0.15) is 5.03 Å². The molecule has 3 rings (SSSR count). The van der Waals surface area contributed by atoms with Crippen molar-refractivity contribution >= 4 is 40.0 Å². The first-order valence-electron chi connectivity index (χ1n) is 6.11. The summed E-state index contributed by atoms with van der Waals surface area (Å²) in [6.07, 6.45) is 0. The number of rotatable bonds is 3. The minimum absolute atomic E-state index is 0.0656. The Bertz CT molecular complexity index is 839. The van der Waals surface area contributed by atoms with Gasteiger partial charge in [0, 0.05) is 22.4 Å². The number of pyridine rings is 1. The zero-order chi connectivity index (χ0) is 14.8. The topological polar surface area (TPSA) is 56.0 Å². The second kappa shape index (κ2) is 5.71. The highest BCUT2D eigenvalue weighted by Gasteiger charge is 2.08. The van der Waals surface area contributed by atoms with E-state index in [1.807, 2.05) is 36.4 Å². The van der Waals surface area contributed by atoms with E-state index in [0.717, 1.165) is 20.8 Å². The lowest BCUT2D eigenvalue weighted by atomic mass is 10.2. The van der Waals surface area contributed by atoms with Gasteiger partial charge in [0.15, 0.2) is 0 Å². The summed E-state index contributed by atoms with van der Waals surface area (Å²) in [5.74, 6) is 0. The molecule has 0 saturated carbocycles. The number of fused-ring (bicyclic) bond motifs is 1. The van der Waals surface area contributed by atoms with Gasteiger partial charge in [0.2, 0.25) is 0 Å². The van der Waals surface area contributed by atoms with Gasteiger partial charge in [-0.05, 0) is 30.3 Å². The van der Waals surface area contributed by atoms with Crippen molar-refractivity contribution < 1.29 is 4.92 Å². The van der Waals surface area contributed by atoms with Gasteiger partial charge in [0.05, 0.1) is 15.5 Å². The molecule has 0 aliphatic rings. The Balaban J connectivity index is 1.96. The molecule has 1 aromatic heterocycles. The van der Waals surface area contributed by atoms with Gasteiger partial charge in [-0.15, -0.1) is 0 Å². The maximum atomic E-state index is 10.8. The SMILES string of the molecule is O=[N+]([O-])c1ccc2nc(Sc3ccccc3Cl)ccc2c1. The monoisotopic (exact) mass is 316 g/mol. The highest BCUT2D eigenvalue weighted by molar-refractivity contribution is 7.99. The van der Waals surface area contributed by atoms with Crippen molar-refractivity contribution in [3.63, 3.8) is 0 Å². The van der Waals surface area contributed by atoms with Crippen LogP contribution in [0.15, 0.2) is 64.5 Å². The molecule has 104 valence electrons. The quantitative estimate of drug-likeness (QED) is 0.507. The Morgan fingerprint density at radius 3 is 2.67 bits per heavy atom. The van der Waals surface area contributed by atoms with Crippen LogP contribution in [0, 0.1) is 10.1 Å². The molecule has 0 unspecified atom stereocenters. The maximum Gasteiger partial charge on any atom is 0.270 e. The highest BCUT2D eigenvalue weighted by Crippen LogP contribution is 2.33. The number of hydrogen-bond acceptors (Lipinski definition) is 4. The van der Waals surface area contributed by atoms with E-state index in [4.69, 9.17) is 11.6 Å². The summed E-state index contributed by atoms with van der Waals surface area (Å²) in [5, 5.41) is 13.0. The van der Waals surface area contributed by atoms with E-state index in [-0.39, 0.29) is 5.69 Å². The Morgan fingerprint density at radius 1 is 1.10 bits per heavy atom. The molecule has 0 N–H and O–H groups in total. The van der Waals surface area contributed by atoms with Crippen molar-refractivity contribution in [2.45, 2.75) is 9.92 Å². The van der Waals surface area contributed by atoms with E-state index in [2.05, 4.69) is 4.98 Å². The number of halogens is 1. The molecule has 4 nitrogen and oxygen atoms in total. The summed E-state index contributed by atoms with van der Waals surface area (Å²) < 4.78 is 0. The minimum atomic E-state index is -0.411. The molecule has 0 aliphatic heterocycles. The Hall–Kier alpha value is -2.11. The van der Waals surface area contributed by atoms with Crippen LogP contribution in [0.1, 0.15) is 0 Å². The molecule has 0 atom stereocenters. The number of hydrogen-bond donors (Lipinski definition) is 0. The van der Waals surface area contributed by atoms with E-state index >= 15 is 0 Å². The van der Waals surface area contributed by atoms with Crippen LogP contribution >= 0.6 is 23.4 Å². The van der Waals surface area contributed by atoms with E-state index in [9.17, 15) is 10.1 Å². The van der Waals surface area contributed by atoms with Crippen LogP contribution in [0.3, 0.4) is 0 Å². The molecule has 0 radical (unpaired) electrons. The minimum Gasteiger partial charge on any atom is -0.258 e. The zero-order valence-corrected chi connectivity index (χ0v) is 12.3. The summed E-state index contributed by atoms with van der Waals surface area (Å²) >= 11 is 7.59. The number of non-ortho nitro benzene ring substituents is 1. The number of nitro benzene ring substituents is 1. The number of nitro groups is 1. The summed E-state index contributed by atoms with van der Waals surface area (Å²) in [4.78, 5) is 15.8. The van der Waals surface area contributed by atoms with Crippen molar-refractivity contribution in [1.29, 1.82) is 0 Å². The number of benzene rings is 2. The van der Waals surface area contributed by atoms with Crippen molar-refractivity contribution in [3.8, 4) is 0 Å². The summed E-state index contributed by atoms with van der Waals surface area (Å²) in [6.45, 7) is 0. The van der Waals surface area contributed by atoms with Gasteiger partial charge >= 0.3 is 0 Å². The first-order chi connectivity index (χ1) is 10.1. The Labute approximate surface area is 129 Å². The Morgan fingerprint density at radius 2 is 1.90 bits per heavy atom. The van der Waals surface area contributed by atoms with Crippen molar-refractivity contribution in [1.82, 2.24) is 4.98 Å². The Kier molecular flexibility index (Phi) is 3.77. The lowest BCUT2D eigenvalue weighted by molar-refractivity contribution is -0.384. The number of aromatic nitrogens is 1. The average Bonchev–Trinajstić information content (AvgIpc) is 2.49. The van der Waals surface area contributed by atoms with Gasteiger partial charge < -0.3 is 0 Å². The van der Waals surface area contributed by atoms with E-state index < -0.39 is 4.92 Å². The molecule has 0 fully saturated rings. The van der Waals surface area contributed by atoms with Crippen LogP contribution < -0.4 is 0 Å². The first kappa shape index (κ1) is 13.9. The average molecular weight is 317 g/mol. The van der Waals surface area contributed by atoms with Gasteiger partial charge in [0.25, 0.3) is 5.69 Å². The largest absolute Gasteiger partial charge is 0.270 e. The molecule has 6 heteroatoms. The van der Waals surface area contributed by atoms with Crippen LogP contribution in [0.25, 0.3) is 10.9 Å². The molecule has 2 aromatic carbocycles. The first-order valence-corrected chi connectivity index (χ1v) is 7.30. The van der Waals surface area contributed by atoms with Gasteiger partial charge in [-0.25, -0.2) is 4.98 Å². The fourth-order valence-electron chi connectivity index (χ4n) is 1.90. The maximum absolute atomic E-state index is 10.8. The molecule has 21 heavy (non-hydrogen) atoms. The lowest BCUT2D eigenvalue weighted by Crippen LogP contribution is -1.89. The van der Waals surface area contributed by atoms with E-state index in [1.165, 1.54) is 23.9 Å². The van der Waals surface area contributed by atoms with Crippen LogP contribution in [0.5, 0.6) is 0 Å². The molecule has 1 heterocycles. The van der Waals surface area contributed by atoms with Gasteiger partial charge in [-0.3, -0.25) is 10.1 Å². The third kappa shape index (κ3) is 2.99. The fourth-order valence-corrected chi connectivity index (χ4v) is 2.97. The summed E-state index contributed by atoms with van der Waals surface area (Å²) in [6, 6.07) is 15.8. The molecular formula is C15H9ClN2O2S. The smallest absolute Gasteiger partial charge is 0.258 e. The van der Waals surface area contributed by atoms with Crippen LogP contribution in [-0.4, -0.2) is 9.91 Å². The summed E-state index contributed by atoms with van der Waals surface area (Å²) in [5.41, 5.74) is 0.786. The normalized spacial score (nSPS) is 10.7. The third-order valence-electron chi connectivity index (χ3n) is 2.91. The van der Waals surface area contributed by atoms with Crippen molar-refractivity contribution in [2.24, 2.45) is 0 Å². The van der Waals surface area contributed by atoms with E-state index in [1.54, 1.807) is 6.07 Å². The predicted octanol–water partition coefficient (Wildman–Crippen LogP) is 4.95. The molecular weight excluding hydrogens is 308 g/mol. The van der Waals surface area contributed by atoms with Crippen molar-refractivity contribution in [3.05, 3.63) is 69.7 Å². The van der Waals surface area contributed by atoms with Crippen LogP contribution in [0.2, 0.25) is 5.02 Å². The highest BCUT2D eigenvalue weighted by atomic mass is 35.5. The predicted molar refractivity (Wildman–Crippen MR) is 84.0 cm³/mol. The van der Waals surface area contributed by atoms with Gasteiger partial charge in [-0.1, -0.05) is 35.5 Å². The lowest BCUT2D eigenvalue weighted by Gasteiger charge is -2.04. The molecule has 0 spiro atoms. The van der Waals surface area contributed by atoms with Crippen LogP contribution in [0.4, 0.5) is 5.69 Å².